The second-order valence-corrected chi connectivity index (χ2v) is 6.63. The molecular formula is C17H23ClN4S. The highest BCUT2D eigenvalue weighted by atomic mass is 35.5. The van der Waals surface area contributed by atoms with Crippen LogP contribution in [0.3, 0.4) is 0 Å². The molecule has 0 atom stereocenters. The fourth-order valence-corrected chi connectivity index (χ4v) is 3.36. The van der Waals surface area contributed by atoms with Crippen molar-refractivity contribution < 1.29 is 0 Å². The van der Waals surface area contributed by atoms with E-state index < -0.39 is 0 Å². The maximum absolute atomic E-state index is 6.12. The van der Waals surface area contributed by atoms with E-state index in [1.165, 1.54) is 0 Å². The van der Waals surface area contributed by atoms with Crippen LogP contribution in [0.5, 0.6) is 0 Å². The van der Waals surface area contributed by atoms with Gasteiger partial charge in [-0.3, -0.25) is 4.68 Å². The first-order valence-electron chi connectivity index (χ1n) is 7.55. The van der Waals surface area contributed by atoms with Crippen molar-refractivity contribution >= 4 is 39.9 Å². The van der Waals surface area contributed by atoms with Crippen LogP contribution >= 0.6 is 23.4 Å². The van der Waals surface area contributed by atoms with Crippen molar-refractivity contribution in [2.24, 2.45) is 12.0 Å². The molecule has 2 aromatic rings. The van der Waals surface area contributed by atoms with Crippen molar-refractivity contribution in [3.8, 4) is 0 Å². The zero-order chi connectivity index (χ0) is 17.1. The first-order chi connectivity index (χ1) is 10.9. The molecule has 1 aromatic carbocycles. The summed E-state index contributed by atoms with van der Waals surface area (Å²) in [5.41, 5.74) is 5.28. The molecule has 0 spiro atoms. The van der Waals surface area contributed by atoms with Crippen molar-refractivity contribution in [1.29, 1.82) is 0 Å². The zero-order valence-corrected chi connectivity index (χ0v) is 16.1. The van der Waals surface area contributed by atoms with Crippen LogP contribution < -0.4 is 4.90 Å². The fraction of sp³-hybridized carbons (Fsp3) is 0.412. The Hall–Kier alpha value is -1.46. The molecule has 0 unspecified atom stereocenters. The monoisotopic (exact) mass is 350 g/mol. The van der Waals surface area contributed by atoms with Crippen LogP contribution in [-0.2, 0) is 7.05 Å². The van der Waals surface area contributed by atoms with Crippen LogP contribution in [0, 0.1) is 20.8 Å². The number of aryl methyl sites for hydroxylation is 3. The van der Waals surface area contributed by atoms with Crippen molar-refractivity contribution in [3.63, 3.8) is 0 Å². The summed E-state index contributed by atoms with van der Waals surface area (Å²) in [5, 5.41) is 6.17. The summed E-state index contributed by atoms with van der Waals surface area (Å²) in [5.74, 6) is 0. The van der Waals surface area contributed by atoms with E-state index in [-0.39, 0.29) is 0 Å². The van der Waals surface area contributed by atoms with Gasteiger partial charge in [-0.25, -0.2) is 4.99 Å². The first kappa shape index (κ1) is 17.9. The molecule has 0 aliphatic carbocycles. The Morgan fingerprint density at radius 3 is 2.57 bits per heavy atom. The quantitative estimate of drug-likeness (QED) is 0.584. The first-order valence-corrected chi connectivity index (χ1v) is 9.15. The van der Waals surface area contributed by atoms with E-state index >= 15 is 0 Å². The molecule has 0 saturated carbocycles. The smallest absolute Gasteiger partial charge is 0.168 e. The van der Waals surface area contributed by atoms with Crippen molar-refractivity contribution in [3.05, 3.63) is 40.2 Å². The number of aliphatic imine (C=N–C) groups is 1. The van der Waals surface area contributed by atoms with Crippen molar-refractivity contribution in [2.45, 2.75) is 27.7 Å². The van der Waals surface area contributed by atoms with Crippen molar-refractivity contribution in [1.82, 2.24) is 9.78 Å². The molecule has 0 radical (unpaired) electrons. The zero-order valence-electron chi connectivity index (χ0n) is 14.5. The lowest BCUT2D eigenvalue weighted by molar-refractivity contribution is 0.731. The molecule has 1 aromatic heterocycles. The van der Waals surface area contributed by atoms with Crippen LogP contribution in [-0.4, -0.2) is 27.7 Å². The number of rotatable bonds is 3. The predicted octanol–water partition coefficient (Wildman–Crippen LogP) is 4.88. The van der Waals surface area contributed by atoms with Gasteiger partial charge in [0.1, 0.15) is 0 Å². The van der Waals surface area contributed by atoms with Gasteiger partial charge in [-0.05, 0) is 51.6 Å². The molecule has 0 bridgehead atoms. The van der Waals surface area contributed by atoms with E-state index in [0.29, 0.717) is 5.02 Å². The second kappa shape index (κ2) is 7.41. The maximum atomic E-state index is 6.12. The summed E-state index contributed by atoms with van der Waals surface area (Å²) in [7, 11) is 1.97. The van der Waals surface area contributed by atoms with Crippen LogP contribution in [0.25, 0.3) is 0 Å². The van der Waals surface area contributed by atoms with Crippen molar-refractivity contribution in [2.75, 3.05) is 17.7 Å². The lowest BCUT2D eigenvalue weighted by Gasteiger charge is -2.24. The number of hydrogen-bond acceptors (Lipinski definition) is 3. The van der Waals surface area contributed by atoms with Crippen LogP contribution in [0.15, 0.2) is 23.2 Å². The third kappa shape index (κ3) is 3.72. The summed E-state index contributed by atoms with van der Waals surface area (Å²) in [4.78, 5) is 7.07. The normalized spacial score (nSPS) is 11.9. The lowest BCUT2D eigenvalue weighted by atomic mass is 10.2. The number of anilines is 1. The molecule has 0 N–H and O–H groups in total. The third-order valence-corrected chi connectivity index (χ3v) is 4.77. The topological polar surface area (TPSA) is 33.4 Å². The SMILES string of the molecule is CCN(C(=Nc1cc(Cl)ccc1C)SC)c1c(C)nn(C)c1C. The van der Waals surface area contributed by atoms with Gasteiger partial charge in [0.2, 0.25) is 0 Å². The van der Waals surface area contributed by atoms with Gasteiger partial charge >= 0.3 is 0 Å². The van der Waals surface area contributed by atoms with Crippen LogP contribution in [0.4, 0.5) is 11.4 Å². The average Bonchev–Trinajstić information content (AvgIpc) is 2.76. The predicted molar refractivity (Wildman–Crippen MR) is 103 cm³/mol. The standard InChI is InChI=1S/C17H23ClN4S/c1-7-22(16-12(3)20-21(5)13(16)4)17(23-6)19-15-10-14(18)9-8-11(15)2/h8-10H,7H2,1-6H3. The molecule has 0 fully saturated rings. The Bertz CT molecular complexity index is 736. The number of hydrogen-bond donors (Lipinski definition) is 0. The number of amidine groups is 1. The molecule has 0 amide bonds. The van der Waals surface area contributed by atoms with Gasteiger partial charge in [0, 0.05) is 18.6 Å². The molecule has 23 heavy (non-hydrogen) atoms. The van der Waals surface area contributed by atoms with Gasteiger partial charge in [-0.15, -0.1) is 0 Å². The molecular weight excluding hydrogens is 328 g/mol. The van der Waals surface area contributed by atoms with Gasteiger partial charge in [0.05, 0.1) is 22.8 Å². The number of halogens is 1. The second-order valence-electron chi connectivity index (χ2n) is 5.42. The molecule has 2 rings (SSSR count). The fourth-order valence-electron chi connectivity index (χ4n) is 2.56. The highest BCUT2D eigenvalue weighted by molar-refractivity contribution is 8.13. The Kier molecular flexibility index (Phi) is 5.76. The summed E-state index contributed by atoms with van der Waals surface area (Å²) >= 11 is 7.75. The summed E-state index contributed by atoms with van der Waals surface area (Å²) in [6.07, 6.45) is 2.04. The molecule has 6 heteroatoms. The molecule has 4 nitrogen and oxygen atoms in total. The van der Waals surface area contributed by atoms with E-state index in [1.807, 2.05) is 50.0 Å². The van der Waals surface area contributed by atoms with E-state index in [4.69, 9.17) is 16.6 Å². The van der Waals surface area contributed by atoms with Gasteiger partial charge in [0.15, 0.2) is 5.17 Å². The molecule has 0 saturated heterocycles. The largest absolute Gasteiger partial charge is 0.318 e. The van der Waals surface area contributed by atoms with E-state index in [9.17, 15) is 0 Å². The molecule has 0 aliphatic heterocycles. The van der Waals surface area contributed by atoms with Gasteiger partial charge in [0.25, 0.3) is 0 Å². The molecule has 1 heterocycles. The van der Waals surface area contributed by atoms with Gasteiger partial charge in [-0.1, -0.05) is 29.4 Å². The molecule has 124 valence electrons. The summed E-state index contributed by atoms with van der Waals surface area (Å²) in [6, 6.07) is 5.79. The Balaban J connectivity index is 2.53. The third-order valence-electron chi connectivity index (χ3n) is 3.86. The summed E-state index contributed by atoms with van der Waals surface area (Å²) in [6.45, 7) is 9.12. The number of benzene rings is 1. The highest BCUT2D eigenvalue weighted by Gasteiger charge is 2.20. The van der Waals surface area contributed by atoms with Crippen LogP contribution in [0.1, 0.15) is 23.9 Å². The Morgan fingerprint density at radius 2 is 2.04 bits per heavy atom. The minimum atomic E-state index is 0.701. The number of nitrogens with zero attached hydrogens (tertiary/aromatic N) is 4. The average molecular weight is 351 g/mol. The minimum absolute atomic E-state index is 0.701. The van der Waals surface area contributed by atoms with E-state index in [1.54, 1.807) is 11.8 Å². The number of aromatic nitrogens is 2. The minimum Gasteiger partial charge on any atom is -0.318 e. The maximum Gasteiger partial charge on any atom is 0.168 e. The molecule has 0 aliphatic rings. The van der Waals surface area contributed by atoms with Gasteiger partial charge < -0.3 is 4.90 Å². The van der Waals surface area contributed by atoms with E-state index in [0.717, 1.165) is 40.0 Å². The lowest BCUT2D eigenvalue weighted by Crippen LogP contribution is -2.29. The van der Waals surface area contributed by atoms with Gasteiger partial charge in [-0.2, -0.15) is 5.10 Å². The Labute approximate surface area is 147 Å². The number of thioether (sulfide) groups is 1. The Morgan fingerprint density at radius 1 is 1.35 bits per heavy atom. The van der Waals surface area contributed by atoms with Crippen LogP contribution in [0.2, 0.25) is 5.02 Å². The van der Waals surface area contributed by atoms with E-state index in [2.05, 4.69) is 23.8 Å². The summed E-state index contributed by atoms with van der Waals surface area (Å²) < 4.78 is 1.91. The highest BCUT2D eigenvalue weighted by Crippen LogP contribution is 2.29.